The van der Waals surface area contributed by atoms with E-state index in [0.717, 1.165) is 0 Å². The highest BCUT2D eigenvalue weighted by molar-refractivity contribution is 5.94. The molecule has 94 valence electrons. The Hall–Kier alpha value is -2.44. The van der Waals surface area contributed by atoms with Crippen molar-refractivity contribution in [2.75, 3.05) is 5.32 Å². The van der Waals surface area contributed by atoms with E-state index >= 15 is 0 Å². The summed E-state index contributed by atoms with van der Waals surface area (Å²) in [6, 6.07) is 1.68. The topological polar surface area (TPSA) is 101 Å². The average molecular weight is 248 g/mol. The maximum Gasteiger partial charge on any atom is 0.339 e. The molecule has 0 spiro atoms. The first kappa shape index (κ1) is 12.0. The van der Waals surface area contributed by atoms with Gasteiger partial charge in [0.05, 0.1) is 12.2 Å². The molecule has 0 aliphatic carbocycles. The third-order valence-corrected chi connectivity index (χ3v) is 2.60. The first-order valence-corrected chi connectivity index (χ1v) is 5.30. The van der Waals surface area contributed by atoms with Gasteiger partial charge in [-0.05, 0) is 19.4 Å². The summed E-state index contributed by atoms with van der Waals surface area (Å²) in [5, 5.41) is 23.5. The summed E-state index contributed by atoms with van der Waals surface area (Å²) in [5.41, 5.74) is 1.98. The Morgan fingerprint density at radius 2 is 2.22 bits per heavy atom. The number of aryl methyl sites for hydroxylation is 1. The van der Waals surface area contributed by atoms with E-state index in [9.17, 15) is 9.90 Å². The van der Waals surface area contributed by atoms with Crippen LogP contribution in [0.2, 0.25) is 0 Å². The van der Waals surface area contributed by atoms with Crippen molar-refractivity contribution in [3.05, 3.63) is 34.8 Å². The van der Waals surface area contributed by atoms with E-state index in [4.69, 9.17) is 0 Å². The molecule has 0 radical (unpaired) electrons. The van der Waals surface area contributed by atoms with Crippen LogP contribution in [0.4, 0.5) is 5.82 Å². The molecule has 0 amide bonds. The highest BCUT2D eigenvalue weighted by atomic mass is 16.5. The van der Waals surface area contributed by atoms with Crippen molar-refractivity contribution in [3.63, 3.8) is 0 Å². The second kappa shape index (κ2) is 4.82. The van der Waals surface area contributed by atoms with Crippen LogP contribution in [0.3, 0.4) is 0 Å². The van der Waals surface area contributed by atoms with E-state index in [1.54, 1.807) is 19.9 Å². The number of carboxylic acid groups (broad SMARTS) is 1. The first-order chi connectivity index (χ1) is 8.59. The highest BCUT2D eigenvalue weighted by Crippen LogP contribution is 2.18. The lowest BCUT2D eigenvalue weighted by molar-refractivity contribution is 0.0696. The molecule has 0 fully saturated rings. The number of aromatic nitrogens is 3. The van der Waals surface area contributed by atoms with E-state index in [2.05, 4.69) is 25.2 Å². The van der Waals surface area contributed by atoms with Gasteiger partial charge in [0.25, 0.3) is 0 Å². The van der Waals surface area contributed by atoms with Crippen molar-refractivity contribution in [1.29, 1.82) is 0 Å². The maximum atomic E-state index is 11.2. The molecule has 0 aliphatic heterocycles. The van der Waals surface area contributed by atoms with Gasteiger partial charge in [-0.2, -0.15) is 5.10 Å². The molecule has 7 nitrogen and oxygen atoms in total. The summed E-state index contributed by atoms with van der Waals surface area (Å²) in [6.07, 6.45) is 1.45. The van der Waals surface area contributed by atoms with Crippen LogP contribution in [0.1, 0.15) is 27.3 Å². The third kappa shape index (κ3) is 2.29. The minimum atomic E-state index is -1.03. The molecule has 0 aliphatic rings. The number of aromatic carboxylic acids is 1. The Labute approximate surface area is 103 Å². The van der Waals surface area contributed by atoms with Crippen molar-refractivity contribution in [3.8, 4) is 0 Å². The lowest BCUT2D eigenvalue weighted by atomic mass is 10.1. The van der Waals surface area contributed by atoms with Gasteiger partial charge in [-0.25, -0.2) is 4.79 Å². The van der Waals surface area contributed by atoms with Gasteiger partial charge < -0.3 is 14.9 Å². The molecule has 2 aromatic heterocycles. The molecule has 18 heavy (non-hydrogen) atoms. The molecule has 0 atom stereocenters. The van der Waals surface area contributed by atoms with Gasteiger partial charge >= 0.3 is 5.97 Å². The molecule has 0 saturated heterocycles. The minimum Gasteiger partial charge on any atom is -0.478 e. The largest absolute Gasteiger partial charge is 0.478 e. The Balaban J connectivity index is 2.27. The molecule has 7 heteroatoms. The lowest BCUT2D eigenvalue weighted by Gasteiger charge is -2.10. The number of hydrogen-bond acceptors (Lipinski definition) is 6. The number of rotatable bonds is 4. The lowest BCUT2D eigenvalue weighted by Crippen LogP contribution is -2.13. The van der Waals surface area contributed by atoms with Gasteiger partial charge in [0.1, 0.15) is 17.5 Å². The maximum absolute atomic E-state index is 11.2. The summed E-state index contributed by atoms with van der Waals surface area (Å²) in [6.45, 7) is 3.75. The Morgan fingerprint density at radius 1 is 1.44 bits per heavy atom. The van der Waals surface area contributed by atoms with Crippen molar-refractivity contribution in [1.82, 2.24) is 15.4 Å². The van der Waals surface area contributed by atoms with E-state index < -0.39 is 5.97 Å². The fourth-order valence-corrected chi connectivity index (χ4v) is 1.50. The Kier molecular flexibility index (Phi) is 3.22. The van der Waals surface area contributed by atoms with E-state index in [0.29, 0.717) is 23.5 Å². The zero-order valence-electron chi connectivity index (χ0n) is 9.97. The average Bonchev–Trinajstić information content (AvgIpc) is 2.83. The minimum absolute atomic E-state index is 0.131. The highest BCUT2D eigenvalue weighted by Gasteiger charge is 2.17. The van der Waals surface area contributed by atoms with Crippen LogP contribution in [0.15, 0.2) is 16.9 Å². The quantitative estimate of drug-likeness (QED) is 0.842. The SMILES string of the molecule is Cc1nnc(NCc2ccon2)c(C(=O)O)c1C. The van der Waals surface area contributed by atoms with Crippen LogP contribution in [-0.2, 0) is 6.54 Å². The van der Waals surface area contributed by atoms with Crippen molar-refractivity contribution < 1.29 is 14.4 Å². The zero-order chi connectivity index (χ0) is 13.1. The van der Waals surface area contributed by atoms with Crippen LogP contribution >= 0.6 is 0 Å². The number of nitrogens with zero attached hydrogens (tertiary/aromatic N) is 3. The van der Waals surface area contributed by atoms with Crippen LogP contribution in [0.25, 0.3) is 0 Å². The molecule has 0 bridgehead atoms. The summed E-state index contributed by atoms with van der Waals surface area (Å²) in [5.74, 6) is -0.804. The van der Waals surface area contributed by atoms with E-state index in [-0.39, 0.29) is 11.4 Å². The second-order valence-electron chi connectivity index (χ2n) is 3.78. The van der Waals surface area contributed by atoms with Gasteiger partial charge in [0.2, 0.25) is 0 Å². The number of hydrogen-bond donors (Lipinski definition) is 2. The number of nitrogens with one attached hydrogen (secondary N) is 1. The molecule has 2 heterocycles. The molecular formula is C11H12N4O3. The smallest absolute Gasteiger partial charge is 0.339 e. The molecule has 2 rings (SSSR count). The van der Waals surface area contributed by atoms with Crippen LogP contribution in [0.5, 0.6) is 0 Å². The zero-order valence-corrected chi connectivity index (χ0v) is 9.97. The van der Waals surface area contributed by atoms with Crippen LogP contribution in [0, 0.1) is 13.8 Å². The Bertz CT molecular complexity index is 566. The molecular weight excluding hydrogens is 236 g/mol. The van der Waals surface area contributed by atoms with Gasteiger partial charge in [-0.15, -0.1) is 5.10 Å². The normalized spacial score (nSPS) is 10.3. The first-order valence-electron chi connectivity index (χ1n) is 5.30. The number of carbonyl (C=O) groups is 1. The molecule has 2 aromatic rings. The van der Waals surface area contributed by atoms with Gasteiger partial charge in [0, 0.05) is 6.07 Å². The number of anilines is 1. The van der Waals surface area contributed by atoms with Crippen molar-refractivity contribution >= 4 is 11.8 Å². The summed E-state index contributed by atoms with van der Waals surface area (Å²) in [4.78, 5) is 11.2. The molecule has 2 N–H and O–H groups in total. The monoisotopic (exact) mass is 248 g/mol. The van der Waals surface area contributed by atoms with Crippen molar-refractivity contribution in [2.45, 2.75) is 20.4 Å². The molecule has 0 unspecified atom stereocenters. The summed E-state index contributed by atoms with van der Waals surface area (Å²) in [7, 11) is 0. The predicted octanol–water partition coefficient (Wildman–Crippen LogP) is 1.39. The summed E-state index contributed by atoms with van der Waals surface area (Å²) >= 11 is 0. The second-order valence-corrected chi connectivity index (χ2v) is 3.78. The fourth-order valence-electron chi connectivity index (χ4n) is 1.50. The fraction of sp³-hybridized carbons (Fsp3) is 0.273. The molecule has 0 aromatic carbocycles. The van der Waals surface area contributed by atoms with Crippen LogP contribution in [-0.4, -0.2) is 26.4 Å². The Morgan fingerprint density at radius 3 is 2.83 bits per heavy atom. The van der Waals surface area contributed by atoms with E-state index in [1.165, 1.54) is 6.26 Å². The van der Waals surface area contributed by atoms with Gasteiger partial charge in [-0.3, -0.25) is 0 Å². The molecule has 0 saturated carbocycles. The third-order valence-electron chi connectivity index (χ3n) is 2.60. The predicted molar refractivity (Wildman–Crippen MR) is 62.3 cm³/mol. The van der Waals surface area contributed by atoms with Gasteiger partial charge in [0.15, 0.2) is 5.82 Å². The van der Waals surface area contributed by atoms with Crippen LogP contribution < -0.4 is 5.32 Å². The summed E-state index contributed by atoms with van der Waals surface area (Å²) < 4.78 is 4.68. The van der Waals surface area contributed by atoms with E-state index in [1.807, 2.05) is 0 Å². The number of carboxylic acids is 1. The standard InChI is InChI=1S/C11H12N4O3/c1-6-7(2)13-14-10(9(6)11(16)17)12-5-8-3-4-18-15-8/h3-4H,5H2,1-2H3,(H,12,14)(H,16,17). The van der Waals surface area contributed by atoms with Crippen molar-refractivity contribution in [2.24, 2.45) is 0 Å². The van der Waals surface area contributed by atoms with Gasteiger partial charge in [-0.1, -0.05) is 5.16 Å².